The van der Waals surface area contributed by atoms with Gasteiger partial charge in [-0.25, -0.2) is 9.59 Å². The number of amides is 2. The largest absolute Gasteiger partial charge is 0.497 e. The molecule has 1 fully saturated rings. The van der Waals surface area contributed by atoms with E-state index in [1.807, 2.05) is 0 Å². The Morgan fingerprint density at radius 2 is 2.10 bits per heavy atom. The van der Waals surface area contributed by atoms with Gasteiger partial charge in [0, 0.05) is 12.6 Å². The molecule has 1 aliphatic heterocycles. The molecule has 0 aromatic heterocycles. The standard InChI is InChI=1S/C14H18N2O5/c1-20-9-5-6-10(12(8-9)21-2)15-14(19)16-7-3-4-11(16)13(17)18/h5-6,8,11H,3-4,7H2,1-2H3,(H,15,19)(H,17,18)/t11-/m1/s1. The van der Waals surface area contributed by atoms with Gasteiger partial charge in [-0.1, -0.05) is 0 Å². The van der Waals surface area contributed by atoms with Crippen LogP contribution < -0.4 is 14.8 Å². The highest BCUT2D eigenvalue weighted by Gasteiger charge is 2.34. The van der Waals surface area contributed by atoms with Crippen molar-refractivity contribution < 1.29 is 24.2 Å². The minimum absolute atomic E-state index is 0.432. The Balaban J connectivity index is 2.14. The zero-order valence-corrected chi connectivity index (χ0v) is 12.0. The Kier molecular flexibility index (Phi) is 4.52. The first-order valence-electron chi connectivity index (χ1n) is 6.59. The summed E-state index contributed by atoms with van der Waals surface area (Å²) in [4.78, 5) is 24.7. The molecule has 1 aromatic carbocycles. The van der Waals surface area contributed by atoms with Crippen LogP contribution in [0.1, 0.15) is 12.8 Å². The van der Waals surface area contributed by atoms with Gasteiger partial charge in [-0.05, 0) is 25.0 Å². The molecular weight excluding hydrogens is 276 g/mol. The number of hydrogen-bond acceptors (Lipinski definition) is 4. The van der Waals surface area contributed by atoms with E-state index in [1.54, 1.807) is 18.2 Å². The molecular formula is C14H18N2O5. The normalized spacial score (nSPS) is 17.4. The van der Waals surface area contributed by atoms with Crippen molar-refractivity contribution in [2.75, 3.05) is 26.1 Å². The van der Waals surface area contributed by atoms with E-state index in [4.69, 9.17) is 14.6 Å². The Bertz CT molecular complexity index is 546. The van der Waals surface area contributed by atoms with Crippen LogP contribution in [0.4, 0.5) is 10.5 Å². The molecule has 1 heterocycles. The van der Waals surface area contributed by atoms with E-state index in [0.717, 1.165) is 0 Å². The monoisotopic (exact) mass is 294 g/mol. The van der Waals surface area contributed by atoms with E-state index < -0.39 is 18.0 Å². The number of nitrogens with zero attached hydrogens (tertiary/aromatic N) is 1. The van der Waals surface area contributed by atoms with Crippen LogP contribution in [0.3, 0.4) is 0 Å². The van der Waals surface area contributed by atoms with Crippen molar-refractivity contribution in [2.24, 2.45) is 0 Å². The van der Waals surface area contributed by atoms with E-state index in [-0.39, 0.29) is 0 Å². The van der Waals surface area contributed by atoms with Crippen LogP contribution >= 0.6 is 0 Å². The fourth-order valence-corrected chi connectivity index (χ4v) is 2.36. The molecule has 21 heavy (non-hydrogen) atoms. The molecule has 0 radical (unpaired) electrons. The molecule has 1 atom stereocenters. The van der Waals surface area contributed by atoms with Crippen molar-refractivity contribution in [3.05, 3.63) is 18.2 Å². The van der Waals surface area contributed by atoms with Crippen LogP contribution in [0.2, 0.25) is 0 Å². The maximum atomic E-state index is 12.2. The quantitative estimate of drug-likeness (QED) is 0.883. The predicted octanol–water partition coefficient (Wildman–Crippen LogP) is 1.78. The fraction of sp³-hybridized carbons (Fsp3) is 0.429. The lowest BCUT2D eigenvalue weighted by molar-refractivity contribution is -0.141. The first-order valence-corrected chi connectivity index (χ1v) is 6.59. The Morgan fingerprint density at radius 3 is 2.71 bits per heavy atom. The van der Waals surface area contributed by atoms with Gasteiger partial charge in [0.05, 0.1) is 19.9 Å². The number of carboxylic acids is 1. The summed E-state index contributed by atoms with van der Waals surface area (Å²) in [5, 5.41) is 11.8. The van der Waals surface area contributed by atoms with Gasteiger partial charge < -0.3 is 24.8 Å². The molecule has 7 nitrogen and oxygen atoms in total. The third-order valence-corrected chi connectivity index (χ3v) is 3.45. The summed E-state index contributed by atoms with van der Waals surface area (Å²) in [7, 11) is 3.02. The number of nitrogens with one attached hydrogen (secondary N) is 1. The number of hydrogen-bond donors (Lipinski definition) is 2. The lowest BCUT2D eigenvalue weighted by Crippen LogP contribution is -2.42. The number of benzene rings is 1. The molecule has 2 rings (SSSR count). The third-order valence-electron chi connectivity index (χ3n) is 3.45. The lowest BCUT2D eigenvalue weighted by atomic mass is 10.2. The molecule has 0 bridgehead atoms. The molecule has 1 saturated heterocycles. The second-order valence-electron chi connectivity index (χ2n) is 4.69. The van der Waals surface area contributed by atoms with Gasteiger partial charge >= 0.3 is 12.0 Å². The summed E-state index contributed by atoms with van der Waals surface area (Å²) < 4.78 is 10.3. The molecule has 0 unspecified atom stereocenters. The van der Waals surface area contributed by atoms with Crippen molar-refractivity contribution in [2.45, 2.75) is 18.9 Å². The minimum atomic E-state index is -0.982. The van der Waals surface area contributed by atoms with Gasteiger partial charge in [-0.2, -0.15) is 0 Å². The maximum Gasteiger partial charge on any atom is 0.326 e. The SMILES string of the molecule is COc1ccc(NC(=O)N2CCC[C@@H]2C(=O)O)c(OC)c1. The number of ether oxygens (including phenoxy) is 2. The summed E-state index contributed by atoms with van der Waals surface area (Å²) in [6.07, 6.45) is 1.16. The first kappa shape index (κ1) is 15.0. The van der Waals surface area contributed by atoms with Crippen molar-refractivity contribution in [3.63, 3.8) is 0 Å². The van der Waals surface area contributed by atoms with E-state index in [0.29, 0.717) is 36.6 Å². The molecule has 114 valence electrons. The summed E-state index contributed by atoms with van der Waals surface area (Å²) in [6.45, 7) is 0.432. The number of likely N-dealkylation sites (tertiary alicyclic amines) is 1. The average Bonchev–Trinajstić information content (AvgIpc) is 2.97. The number of rotatable bonds is 4. The highest BCUT2D eigenvalue weighted by atomic mass is 16.5. The van der Waals surface area contributed by atoms with E-state index in [9.17, 15) is 9.59 Å². The van der Waals surface area contributed by atoms with Crippen LogP contribution in [0.5, 0.6) is 11.5 Å². The van der Waals surface area contributed by atoms with Crippen LogP contribution in [-0.4, -0.2) is 48.8 Å². The summed E-state index contributed by atoms with van der Waals surface area (Å²) in [5.74, 6) is 0.0764. The number of aliphatic carboxylic acids is 1. The van der Waals surface area contributed by atoms with Crippen molar-refractivity contribution in [3.8, 4) is 11.5 Å². The minimum Gasteiger partial charge on any atom is -0.497 e. The zero-order valence-electron chi connectivity index (χ0n) is 12.0. The molecule has 0 aliphatic carbocycles. The number of urea groups is 1. The molecule has 2 amide bonds. The van der Waals surface area contributed by atoms with Crippen LogP contribution in [0.25, 0.3) is 0 Å². The number of anilines is 1. The zero-order chi connectivity index (χ0) is 15.4. The average molecular weight is 294 g/mol. The summed E-state index contributed by atoms with van der Waals surface area (Å²) in [5.41, 5.74) is 0.472. The number of methoxy groups -OCH3 is 2. The number of carbonyl (C=O) groups is 2. The Labute approximate surface area is 122 Å². The highest BCUT2D eigenvalue weighted by Crippen LogP contribution is 2.30. The maximum absolute atomic E-state index is 12.2. The fourth-order valence-electron chi connectivity index (χ4n) is 2.36. The first-order chi connectivity index (χ1) is 10.1. The topological polar surface area (TPSA) is 88.1 Å². The molecule has 2 N–H and O–H groups in total. The predicted molar refractivity (Wildman–Crippen MR) is 75.9 cm³/mol. The van der Waals surface area contributed by atoms with E-state index in [2.05, 4.69) is 5.32 Å². The van der Waals surface area contributed by atoms with Gasteiger partial charge in [-0.3, -0.25) is 0 Å². The molecule has 1 aliphatic rings. The second-order valence-corrected chi connectivity index (χ2v) is 4.69. The molecule has 0 saturated carbocycles. The van der Waals surface area contributed by atoms with Gasteiger partial charge in [0.15, 0.2) is 0 Å². The second kappa shape index (κ2) is 6.34. The molecule has 0 spiro atoms. The smallest absolute Gasteiger partial charge is 0.326 e. The third kappa shape index (κ3) is 3.18. The number of carboxylic acid groups (broad SMARTS) is 1. The summed E-state index contributed by atoms with van der Waals surface area (Å²) in [6, 6.07) is 3.78. The van der Waals surface area contributed by atoms with Gasteiger partial charge in [-0.15, -0.1) is 0 Å². The number of carbonyl (C=O) groups excluding carboxylic acids is 1. The Hall–Kier alpha value is -2.44. The van der Waals surface area contributed by atoms with Crippen molar-refractivity contribution in [1.29, 1.82) is 0 Å². The van der Waals surface area contributed by atoms with Gasteiger partial charge in [0.1, 0.15) is 17.5 Å². The van der Waals surface area contributed by atoms with E-state index >= 15 is 0 Å². The van der Waals surface area contributed by atoms with Crippen LogP contribution in [0, 0.1) is 0 Å². The lowest BCUT2D eigenvalue weighted by Gasteiger charge is -2.22. The van der Waals surface area contributed by atoms with Gasteiger partial charge in [0.25, 0.3) is 0 Å². The van der Waals surface area contributed by atoms with Gasteiger partial charge in [0.2, 0.25) is 0 Å². The van der Waals surface area contributed by atoms with Crippen molar-refractivity contribution in [1.82, 2.24) is 4.90 Å². The van der Waals surface area contributed by atoms with Crippen molar-refractivity contribution >= 4 is 17.7 Å². The van der Waals surface area contributed by atoms with Crippen LogP contribution in [-0.2, 0) is 4.79 Å². The van der Waals surface area contributed by atoms with Crippen LogP contribution in [0.15, 0.2) is 18.2 Å². The summed E-state index contributed by atoms with van der Waals surface area (Å²) >= 11 is 0. The molecule has 7 heteroatoms. The highest BCUT2D eigenvalue weighted by molar-refractivity contribution is 5.94. The molecule has 1 aromatic rings. The van der Waals surface area contributed by atoms with E-state index in [1.165, 1.54) is 19.1 Å². The Morgan fingerprint density at radius 1 is 1.33 bits per heavy atom.